The average Bonchev–Trinajstić information content (AvgIpc) is 3.54. The van der Waals surface area contributed by atoms with E-state index in [4.69, 9.17) is 0 Å². The third-order valence-corrected chi connectivity index (χ3v) is 8.00. The SMILES string of the molecule is CC(=O)Nc1cncc(-c2ccc(NC(=O)C(C)(C)c3csc(NS(=O)(=O)C4CC4)n3)cc2)n1. The van der Waals surface area contributed by atoms with Crippen molar-refractivity contribution in [1.82, 2.24) is 15.0 Å². The van der Waals surface area contributed by atoms with Gasteiger partial charge >= 0.3 is 0 Å². The molecule has 1 fully saturated rings. The lowest BCUT2D eigenvalue weighted by atomic mass is 9.89. The van der Waals surface area contributed by atoms with Crippen LogP contribution in [0.25, 0.3) is 11.3 Å². The normalized spacial score (nSPS) is 13.9. The molecule has 10 nitrogen and oxygen atoms in total. The molecule has 1 aliphatic rings. The Labute approximate surface area is 201 Å². The maximum atomic E-state index is 13.0. The molecule has 34 heavy (non-hydrogen) atoms. The third-order valence-electron chi connectivity index (χ3n) is 5.28. The molecule has 1 saturated carbocycles. The van der Waals surface area contributed by atoms with Gasteiger partial charge in [-0.25, -0.2) is 18.4 Å². The van der Waals surface area contributed by atoms with Crippen molar-refractivity contribution in [2.24, 2.45) is 0 Å². The molecule has 0 bridgehead atoms. The minimum atomic E-state index is -3.41. The van der Waals surface area contributed by atoms with E-state index in [-0.39, 0.29) is 22.2 Å². The maximum Gasteiger partial charge on any atom is 0.237 e. The quantitative estimate of drug-likeness (QED) is 0.430. The highest BCUT2D eigenvalue weighted by Gasteiger charge is 2.37. The summed E-state index contributed by atoms with van der Waals surface area (Å²) >= 11 is 1.16. The van der Waals surface area contributed by atoms with E-state index in [0.29, 0.717) is 35.7 Å². The Kier molecular flexibility index (Phi) is 6.36. The van der Waals surface area contributed by atoms with Crippen molar-refractivity contribution in [2.75, 3.05) is 15.4 Å². The first-order valence-electron chi connectivity index (χ1n) is 10.5. The minimum Gasteiger partial charge on any atom is -0.325 e. The van der Waals surface area contributed by atoms with Gasteiger partial charge in [0.05, 0.1) is 34.4 Å². The molecule has 0 saturated heterocycles. The van der Waals surface area contributed by atoms with Crippen LogP contribution in [-0.4, -0.2) is 40.4 Å². The van der Waals surface area contributed by atoms with Gasteiger partial charge in [-0.2, -0.15) is 0 Å². The fraction of sp³-hybridized carbons (Fsp3) is 0.318. The summed E-state index contributed by atoms with van der Waals surface area (Å²) in [5, 5.41) is 7.07. The summed E-state index contributed by atoms with van der Waals surface area (Å²) < 4.78 is 26.8. The second-order valence-electron chi connectivity index (χ2n) is 8.51. The van der Waals surface area contributed by atoms with Gasteiger partial charge in [-0.1, -0.05) is 12.1 Å². The van der Waals surface area contributed by atoms with E-state index in [1.54, 1.807) is 49.7 Å². The number of hydrogen-bond acceptors (Lipinski definition) is 8. The van der Waals surface area contributed by atoms with Gasteiger partial charge in [0.1, 0.15) is 0 Å². The fourth-order valence-electron chi connectivity index (χ4n) is 3.06. The summed E-state index contributed by atoms with van der Waals surface area (Å²) in [4.78, 5) is 37.0. The van der Waals surface area contributed by atoms with Gasteiger partial charge in [-0.15, -0.1) is 11.3 Å². The smallest absolute Gasteiger partial charge is 0.237 e. The predicted octanol–water partition coefficient (Wildman–Crippen LogP) is 3.38. The molecule has 0 radical (unpaired) electrons. The zero-order valence-electron chi connectivity index (χ0n) is 18.8. The van der Waals surface area contributed by atoms with Crippen molar-refractivity contribution in [3.05, 3.63) is 47.7 Å². The topological polar surface area (TPSA) is 143 Å². The van der Waals surface area contributed by atoms with Gasteiger partial charge in [0.15, 0.2) is 10.9 Å². The number of carbonyl (C=O) groups excluding carboxylic acids is 2. The van der Waals surface area contributed by atoms with E-state index >= 15 is 0 Å². The van der Waals surface area contributed by atoms with Gasteiger partial charge < -0.3 is 10.6 Å². The highest BCUT2D eigenvalue weighted by Crippen LogP contribution is 2.33. The molecule has 178 valence electrons. The Hall–Kier alpha value is -3.38. The minimum absolute atomic E-state index is 0.236. The highest BCUT2D eigenvalue weighted by molar-refractivity contribution is 7.93. The first kappa shape index (κ1) is 23.8. The second-order valence-corrected chi connectivity index (χ2v) is 11.3. The number of nitrogens with one attached hydrogen (secondary N) is 3. The summed E-state index contributed by atoms with van der Waals surface area (Å²) in [6.45, 7) is 4.86. The van der Waals surface area contributed by atoms with Crippen LogP contribution in [0.4, 0.5) is 16.6 Å². The largest absolute Gasteiger partial charge is 0.325 e. The van der Waals surface area contributed by atoms with E-state index in [2.05, 4.69) is 30.3 Å². The lowest BCUT2D eigenvalue weighted by molar-refractivity contribution is -0.120. The molecule has 0 unspecified atom stereocenters. The van der Waals surface area contributed by atoms with Crippen LogP contribution < -0.4 is 15.4 Å². The van der Waals surface area contributed by atoms with Crippen molar-refractivity contribution in [3.63, 3.8) is 0 Å². The van der Waals surface area contributed by atoms with Crippen molar-refractivity contribution >= 4 is 49.8 Å². The molecule has 2 aromatic heterocycles. The van der Waals surface area contributed by atoms with E-state index in [9.17, 15) is 18.0 Å². The number of benzene rings is 1. The number of thiazole rings is 1. The first-order chi connectivity index (χ1) is 16.0. The Morgan fingerprint density at radius 2 is 1.76 bits per heavy atom. The number of hydrogen-bond donors (Lipinski definition) is 3. The second kappa shape index (κ2) is 9.11. The summed E-state index contributed by atoms with van der Waals surface area (Å²) in [5.74, 6) is -0.166. The van der Waals surface area contributed by atoms with Gasteiger partial charge in [0.2, 0.25) is 21.8 Å². The van der Waals surface area contributed by atoms with Crippen LogP contribution in [0.3, 0.4) is 0 Å². The number of anilines is 3. The molecular formula is C22H24N6O4S2. The Bertz CT molecular complexity index is 1330. The van der Waals surface area contributed by atoms with Crippen LogP contribution in [0.2, 0.25) is 0 Å². The monoisotopic (exact) mass is 500 g/mol. The van der Waals surface area contributed by atoms with Crippen molar-refractivity contribution < 1.29 is 18.0 Å². The van der Waals surface area contributed by atoms with Crippen molar-refractivity contribution in [3.8, 4) is 11.3 Å². The summed E-state index contributed by atoms with van der Waals surface area (Å²) in [6.07, 6.45) is 4.36. The fourth-order valence-corrected chi connectivity index (χ4v) is 5.54. The zero-order valence-corrected chi connectivity index (χ0v) is 20.5. The number of sulfonamides is 1. The maximum absolute atomic E-state index is 13.0. The van der Waals surface area contributed by atoms with E-state index in [1.807, 2.05) is 0 Å². The summed E-state index contributed by atoms with van der Waals surface area (Å²) in [6, 6.07) is 7.06. The number of rotatable bonds is 8. The van der Waals surface area contributed by atoms with Crippen LogP contribution in [0, 0.1) is 0 Å². The first-order valence-corrected chi connectivity index (χ1v) is 13.0. The van der Waals surface area contributed by atoms with Gasteiger partial charge in [0.25, 0.3) is 0 Å². The molecule has 4 rings (SSSR count). The average molecular weight is 501 g/mol. The van der Waals surface area contributed by atoms with Gasteiger partial charge in [0, 0.05) is 23.6 Å². The van der Waals surface area contributed by atoms with Crippen molar-refractivity contribution in [1.29, 1.82) is 0 Å². The lowest BCUT2D eigenvalue weighted by Crippen LogP contribution is -2.35. The standard InChI is InChI=1S/C22H24N6O4S2/c1-13(29)24-19-11-23-10-17(26-19)14-4-6-15(7-5-14)25-20(30)22(2,3)18-12-33-21(27-18)28-34(31,32)16-8-9-16/h4-7,10-12,16H,8-9H2,1-3H3,(H,25,30)(H,27,28)(H,24,26,29). The molecule has 0 atom stereocenters. The lowest BCUT2D eigenvalue weighted by Gasteiger charge is -2.21. The Balaban J connectivity index is 1.43. The molecule has 2 heterocycles. The van der Waals surface area contributed by atoms with Crippen LogP contribution in [0.1, 0.15) is 39.3 Å². The number of carbonyl (C=O) groups is 2. The molecule has 0 spiro atoms. The molecule has 1 aromatic carbocycles. The van der Waals surface area contributed by atoms with Crippen LogP contribution in [0.5, 0.6) is 0 Å². The van der Waals surface area contributed by atoms with Gasteiger partial charge in [-0.3, -0.25) is 19.3 Å². The Morgan fingerprint density at radius 3 is 2.41 bits per heavy atom. The number of nitrogens with zero attached hydrogens (tertiary/aromatic N) is 3. The van der Waals surface area contributed by atoms with Crippen LogP contribution in [-0.2, 0) is 25.0 Å². The Morgan fingerprint density at radius 1 is 1.06 bits per heavy atom. The molecule has 3 N–H and O–H groups in total. The molecule has 0 aliphatic heterocycles. The van der Waals surface area contributed by atoms with Crippen LogP contribution >= 0.6 is 11.3 Å². The van der Waals surface area contributed by atoms with E-state index in [0.717, 1.165) is 16.9 Å². The molecule has 12 heteroatoms. The van der Waals surface area contributed by atoms with Crippen LogP contribution in [0.15, 0.2) is 42.0 Å². The summed E-state index contributed by atoms with van der Waals surface area (Å²) in [5.41, 5.74) is 1.41. The highest BCUT2D eigenvalue weighted by atomic mass is 32.2. The number of aromatic nitrogens is 3. The van der Waals surface area contributed by atoms with Gasteiger partial charge in [-0.05, 0) is 38.8 Å². The molecule has 2 amide bonds. The van der Waals surface area contributed by atoms with Crippen molar-refractivity contribution in [2.45, 2.75) is 44.3 Å². The van der Waals surface area contributed by atoms with E-state index in [1.165, 1.54) is 13.1 Å². The molecule has 3 aromatic rings. The molecular weight excluding hydrogens is 476 g/mol. The zero-order chi connectivity index (χ0) is 24.5. The third kappa shape index (κ3) is 5.39. The number of amides is 2. The molecule has 1 aliphatic carbocycles. The van der Waals surface area contributed by atoms with E-state index < -0.39 is 15.4 Å². The predicted molar refractivity (Wildman–Crippen MR) is 131 cm³/mol. The summed E-state index contributed by atoms with van der Waals surface area (Å²) in [7, 11) is -3.41.